The summed E-state index contributed by atoms with van der Waals surface area (Å²) in [7, 11) is 1.75. The third-order valence-corrected chi connectivity index (χ3v) is 1.79. The van der Waals surface area contributed by atoms with Gasteiger partial charge in [-0.1, -0.05) is 0 Å². The number of carboxylic acids is 1. The molecule has 1 aromatic rings. The van der Waals surface area contributed by atoms with E-state index >= 15 is 0 Å². The maximum Gasteiger partial charge on any atom is 0.332 e. The van der Waals surface area contributed by atoms with Crippen LogP contribution in [0.1, 0.15) is 11.3 Å². The van der Waals surface area contributed by atoms with Gasteiger partial charge in [-0.05, 0) is 12.5 Å². The number of aliphatic hydroxyl groups excluding tert-OH is 1. The topological polar surface area (TPSA) is 75.3 Å². The average molecular weight is 184 g/mol. The van der Waals surface area contributed by atoms with Crippen LogP contribution in [0.2, 0.25) is 0 Å². The van der Waals surface area contributed by atoms with Gasteiger partial charge in [-0.15, -0.1) is 0 Å². The van der Waals surface area contributed by atoms with Crippen LogP contribution < -0.4 is 0 Å². The largest absolute Gasteiger partial charge is 0.479 e. The molecule has 0 fully saturated rings. The third kappa shape index (κ3) is 2.29. The van der Waals surface area contributed by atoms with Crippen molar-refractivity contribution < 1.29 is 15.0 Å². The normalized spacial score (nSPS) is 12.8. The van der Waals surface area contributed by atoms with Crippen molar-refractivity contribution in [2.75, 3.05) is 0 Å². The highest BCUT2D eigenvalue weighted by atomic mass is 16.4. The predicted octanol–water partition coefficient (Wildman–Crippen LogP) is -0.283. The summed E-state index contributed by atoms with van der Waals surface area (Å²) in [4.78, 5) is 10.3. The summed E-state index contributed by atoms with van der Waals surface area (Å²) in [5, 5.41) is 21.5. The summed E-state index contributed by atoms with van der Waals surface area (Å²) in [5.41, 5.74) is 1.51. The van der Waals surface area contributed by atoms with E-state index in [1.807, 2.05) is 6.92 Å². The molecule has 72 valence electrons. The van der Waals surface area contributed by atoms with E-state index in [2.05, 4.69) is 5.10 Å². The van der Waals surface area contributed by atoms with Gasteiger partial charge >= 0.3 is 5.97 Å². The lowest BCUT2D eigenvalue weighted by molar-refractivity contribution is -0.146. The predicted molar refractivity (Wildman–Crippen MR) is 45.3 cm³/mol. The summed E-state index contributed by atoms with van der Waals surface area (Å²) >= 11 is 0. The van der Waals surface area contributed by atoms with E-state index in [1.165, 1.54) is 0 Å². The fourth-order valence-electron chi connectivity index (χ4n) is 1.13. The highest BCUT2D eigenvalue weighted by Crippen LogP contribution is 2.07. The summed E-state index contributed by atoms with van der Waals surface area (Å²) in [6.07, 6.45) is 0.472. The molecule has 0 saturated heterocycles. The molecule has 5 heteroatoms. The van der Waals surface area contributed by atoms with Gasteiger partial charge in [-0.3, -0.25) is 4.68 Å². The molecule has 0 aromatic carbocycles. The van der Waals surface area contributed by atoms with Gasteiger partial charge in [0.15, 0.2) is 6.10 Å². The second-order valence-electron chi connectivity index (χ2n) is 2.99. The SMILES string of the molecule is Cc1cn(C)nc1CC(O)C(=O)O. The van der Waals surface area contributed by atoms with E-state index in [4.69, 9.17) is 10.2 Å². The molecule has 0 aliphatic carbocycles. The van der Waals surface area contributed by atoms with E-state index in [0.717, 1.165) is 5.56 Å². The Bertz CT molecular complexity index is 319. The number of carbonyl (C=O) groups is 1. The zero-order valence-electron chi connectivity index (χ0n) is 7.56. The second kappa shape index (κ2) is 3.57. The first-order valence-corrected chi connectivity index (χ1v) is 3.90. The van der Waals surface area contributed by atoms with Crippen LogP contribution in [0, 0.1) is 6.92 Å². The lowest BCUT2D eigenvalue weighted by atomic mass is 10.1. The number of carboxylic acid groups (broad SMARTS) is 1. The van der Waals surface area contributed by atoms with E-state index in [0.29, 0.717) is 5.69 Å². The molecule has 5 nitrogen and oxygen atoms in total. The van der Waals surface area contributed by atoms with Crippen molar-refractivity contribution in [2.24, 2.45) is 7.05 Å². The fourth-order valence-corrected chi connectivity index (χ4v) is 1.13. The molecule has 1 heterocycles. The van der Waals surface area contributed by atoms with Crippen molar-refractivity contribution in [1.82, 2.24) is 9.78 Å². The van der Waals surface area contributed by atoms with Gasteiger partial charge in [-0.2, -0.15) is 5.10 Å². The van der Waals surface area contributed by atoms with Crippen LogP contribution in [0.5, 0.6) is 0 Å². The lowest BCUT2D eigenvalue weighted by Crippen LogP contribution is -2.22. The smallest absolute Gasteiger partial charge is 0.332 e. The number of aliphatic carboxylic acids is 1. The third-order valence-electron chi connectivity index (χ3n) is 1.79. The maximum atomic E-state index is 10.3. The Hall–Kier alpha value is -1.36. The van der Waals surface area contributed by atoms with Gasteiger partial charge in [0.2, 0.25) is 0 Å². The summed E-state index contributed by atoms with van der Waals surface area (Å²) in [5.74, 6) is -1.22. The molecule has 13 heavy (non-hydrogen) atoms. The fraction of sp³-hybridized carbons (Fsp3) is 0.500. The van der Waals surface area contributed by atoms with Crippen LogP contribution in [-0.2, 0) is 18.3 Å². The van der Waals surface area contributed by atoms with Crippen molar-refractivity contribution in [3.63, 3.8) is 0 Å². The molecule has 1 atom stereocenters. The molecule has 0 saturated carbocycles. The van der Waals surface area contributed by atoms with E-state index in [1.54, 1.807) is 17.9 Å². The summed E-state index contributed by atoms with van der Waals surface area (Å²) in [6.45, 7) is 1.83. The second-order valence-corrected chi connectivity index (χ2v) is 2.99. The highest BCUT2D eigenvalue weighted by Gasteiger charge is 2.16. The van der Waals surface area contributed by atoms with Crippen molar-refractivity contribution in [1.29, 1.82) is 0 Å². The average Bonchev–Trinajstić information content (AvgIpc) is 2.30. The van der Waals surface area contributed by atoms with Crippen LogP contribution in [0.4, 0.5) is 0 Å². The Morgan fingerprint density at radius 2 is 2.38 bits per heavy atom. The minimum absolute atomic E-state index is 0.0575. The van der Waals surface area contributed by atoms with Crippen LogP contribution in [0.3, 0.4) is 0 Å². The molecule has 2 N–H and O–H groups in total. The van der Waals surface area contributed by atoms with Crippen molar-refractivity contribution in [3.05, 3.63) is 17.5 Å². The maximum absolute atomic E-state index is 10.3. The first kappa shape index (κ1) is 9.73. The van der Waals surface area contributed by atoms with Gasteiger partial charge in [0.25, 0.3) is 0 Å². The summed E-state index contributed by atoms with van der Waals surface area (Å²) < 4.78 is 1.60. The number of aromatic nitrogens is 2. The molecule has 0 bridgehead atoms. The van der Waals surface area contributed by atoms with Gasteiger partial charge < -0.3 is 10.2 Å². The molecule has 0 radical (unpaired) electrons. The van der Waals surface area contributed by atoms with E-state index < -0.39 is 12.1 Å². The van der Waals surface area contributed by atoms with Crippen LogP contribution in [0.25, 0.3) is 0 Å². The van der Waals surface area contributed by atoms with Gasteiger partial charge in [-0.25, -0.2) is 4.79 Å². The van der Waals surface area contributed by atoms with Crippen molar-refractivity contribution in [3.8, 4) is 0 Å². The molecule has 1 aromatic heterocycles. The summed E-state index contributed by atoms with van der Waals surface area (Å²) in [6, 6.07) is 0. The molecule has 0 aliphatic rings. The van der Waals surface area contributed by atoms with Crippen LogP contribution in [-0.4, -0.2) is 32.1 Å². The number of rotatable bonds is 3. The number of aliphatic hydroxyl groups is 1. The Kier molecular flexibility index (Phi) is 2.67. The molecule has 0 aliphatic heterocycles. The van der Waals surface area contributed by atoms with Gasteiger partial charge in [0.1, 0.15) is 0 Å². The zero-order chi connectivity index (χ0) is 10.0. The number of aryl methyl sites for hydroxylation is 2. The van der Waals surface area contributed by atoms with Gasteiger partial charge in [0, 0.05) is 19.7 Å². The quantitative estimate of drug-likeness (QED) is 0.677. The molecular formula is C8H12N2O3. The number of nitrogens with zero attached hydrogens (tertiary/aromatic N) is 2. The molecule has 0 spiro atoms. The van der Waals surface area contributed by atoms with Crippen LogP contribution >= 0.6 is 0 Å². The Labute approximate surface area is 75.6 Å². The Balaban J connectivity index is 2.74. The minimum Gasteiger partial charge on any atom is -0.479 e. The monoisotopic (exact) mass is 184 g/mol. The molecule has 1 rings (SSSR count). The Morgan fingerprint density at radius 3 is 2.77 bits per heavy atom. The zero-order valence-corrected chi connectivity index (χ0v) is 7.56. The first-order chi connectivity index (χ1) is 6.00. The first-order valence-electron chi connectivity index (χ1n) is 3.90. The van der Waals surface area contributed by atoms with Crippen LogP contribution in [0.15, 0.2) is 6.20 Å². The Morgan fingerprint density at radius 1 is 1.77 bits per heavy atom. The minimum atomic E-state index is -1.37. The molecule has 0 amide bonds. The molecular weight excluding hydrogens is 172 g/mol. The lowest BCUT2D eigenvalue weighted by Gasteiger charge is -2.02. The number of hydrogen-bond acceptors (Lipinski definition) is 3. The van der Waals surface area contributed by atoms with Gasteiger partial charge in [0.05, 0.1) is 5.69 Å². The molecule has 1 unspecified atom stereocenters. The number of hydrogen-bond donors (Lipinski definition) is 2. The highest BCUT2D eigenvalue weighted by molar-refractivity contribution is 5.72. The van der Waals surface area contributed by atoms with E-state index in [9.17, 15) is 4.79 Å². The van der Waals surface area contributed by atoms with E-state index in [-0.39, 0.29) is 6.42 Å². The van der Waals surface area contributed by atoms with Crippen molar-refractivity contribution in [2.45, 2.75) is 19.4 Å². The van der Waals surface area contributed by atoms with Crippen molar-refractivity contribution >= 4 is 5.97 Å². The standard InChI is InChI=1S/C8H12N2O3/c1-5-4-10(2)9-6(5)3-7(11)8(12)13/h4,7,11H,3H2,1-2H3,(H,12,13).